The highest BCUT2D eigenvalue weighted by Gasteiger charge is 2.24. The Morgan fingerprint density at radius 2 is 2.22 bits per heavy atom. The number of aliphatic hydroxyl groups excluding tert-OH is 1. The van der Waals surface area contributed by atoms with Crippen LogP contribution in [0.15, 0.2) is 12.3 Å². The van der Waals surface area contributed by atoms with E-state index in [-0.39, 0.29) is 11.6 Å². The fraction of sp³-hybridized carbons (Fsp3) is 0.583. The van der Waals surface area contributed by atoms with Crippen molar-refractivity contribution >= 4 is 23.2 Å². The monoisotopic (exact) mass is 266 g/mol. The third-order valence-corrected chi connectivity index (χ3v) is 3.47. The molecule has 18 heavy (non-hydrogen) atoms. The lowest BCUT2D eigenvalue weighted by Gasteiger charge is -2.28. The molecule has 0 unspecified atom stereocenters. The average molecular weight is 266 g/mol. The molecule has 1 aliphatic rings. The summed E-state index contributed by atoms with van der Waals surface area (Å²) in [6.07, 6.45) is 6.36. The van der Waals surface area contributed by atoms with Gasteiger partial charge in [0.2, 0.25) is 5.95 Å². The molecule has 1 heterocycles. The van der Waals surface area contributed by atoms with E-state index in [1.807, 2.05) is 0 Å². The predicted molar refractivity (Wildman–Crippen MR) is 74.6 cm³/mol. The number of nitrogens with two attached hydrogens (primary N) is 1. The highest BCUT2D eigenvalue weighted by molar-refractivity contribution is 7.80. The Kier molecular flexibility index (Phi) is 4.43. The fourth-order valence-electron chi connectivity index (χ4n) is 2.39. The molecule has 0 atom stereocenters. The summed E-state index contributed by atoms with van der Waals surface area (Å²) in [7, 11) is 0. The van der Waals surface area contributed by atoms with Gasteiger partial charge in [-0.25, -0.2) is 9.97 Å². The van der Waals surface area contributed by atoms with Gasteiger partial charge in [0, 0.05) is 18.8 Å². The van der Waals surface area contributed by atoms with Crippen molar-refractivity contribution in [2.45, 2.75) is 31.7 Å². The Labute approximate surface area is 112 Å². The summed E-state index contributed by atoms with van der Waals surface area (Å²) < 4.78 is 0. The molecule has 0 aliphatic heterocycles. The van der Waals surface area contributed by atoms with Gasteiger partial charge in [0.1, 0.15) is 10.7 Å². The van der Waals surface area contributed by atoms with Gasteiger partial charge in [-0.3, -0.25) is 0 Å². The van der Waals surface area contributed by atoms with Crippen molar-refractivity contribution in [2.24, 2.45) is 5.73 Å². The van der Waals surface area contributed by atoms with Crippen molar-refractivity contribution in [3.63, 3.8) is 0 Å². The van der Waals surface area contributed by atoms with Gasteiger partial charge in [0.05, 0.1) is 6.61 Å². The molecule has 0 spiro atoms. The molecule has 1 fully saturated rings. The Morgan fingerprint density at radius 1 is 1.50 bits per heavy atom. The van der Waals surface area contributed by atoms with Gasteiger partial charge < -0.3 is 15.7 Å². The normalized spacial score (nSPS) is 15.8. The summed E-state index contributed by atoms with van der Waals surface area (Å²) in [5.41, 5.74) is 6.16. The van der Waals surface area contributed by atoms with Crippen LogP contribution in [0.5, 0.6) is 0 Å². The summed E-state index contributed by atoms with van der Waals surface area (Å²) in [4.78, 5) is 11.0. The molecule has 1 aliphatic carbocycles. The van der Waals surface area contributed by atoms with Crippen molar-refractivity contribution in [3.05, 3.63) is 18.0 Å². The summed E-state index contributed by atoms with van der Waals surface area (Å²) in [6, 6.07) is 2.12. The SMILES string of the molecule is NC(=S)c1ccnc(N(CCO)C2CCCC2)n1. The third kappa shape index (κ3) is 2.94. The number of aliphatic hydroxyl groups is 1. The summed E-state index contributed by atoms with van der Waals surface area (Å²) >= 11 is 4.93. The number of hydrogen-bond donors (Lipinski definition) is 2. The molecule has 0 bridgehead atoms. The van der Waals surface area contributed by atoms with Crippen LogP contribution >= 0.6 is 12.2 Å². The molecule has 0 amide bonds. The van der Waals surface area contributed by atoms with Gasteiger partial charge in [-0.15, -0.1) is 0 Å². The molecule has 3 N–H and O–H groups in total. The number of aromatic nitrogens is 2. The van der Waals surface area contributed by atoms with E-state index in [9.17, 15) is 5.11 Å². The van der Waals surface area contributed by atoms with Crippen LogP contribution in [0.25, 0.3) is 0 Å². The van der Waals surface area contributed by atoms with Crippen LogP contribution in [0.4, 0.5) is 5.95 Å². The predicted octanol–water partition coefficient (Wildman–Crippen LogP) is 0.852. The van der Waals surface area contributed by atoms with E-state index < -0.39 is 0 Å². The lowest BCUT2D eigenvalue weighted by molar-refractivity contribution is 0.296. The first kappa shape index (κ1) is 13.2. The summed E-state index contributed by atoms with van der Waals surface area (Å²) in [5, 5.41) is 9.19. The van der Waals surface area contributed by atoms with Crippen molar-refractivity contribution in [1.29, 1.82) is 0 Å². The van der Waals surface area contributed by atoms with Crippen molar-refractivity contribution < 1.29 is 5.11 Å². The largest absolute Gasteiger partial charge is 0.395 e. The minimum atomic E-state index is 0.0944. The van der Waals surface area contributed by atoms with Crippen LogP contribution in [0.3, 0.4) is 0 Å². The lowest BCUT2D eigenvalue weighted by Crippen LogP contribution is -2.37. The lowest BCUT2D eigenvalue weighted by atomic mass is 10.2. The third-order valence-electron chi connectivity index (χ3n) is 3.26. The van der Waals surface area contributed by atoms with Crippen LogP contribution in [-0.4, -0.2) is 39.3 Å². The van der Waals surface area contributed by atoms with E-state index in [2.05, 4.69) is 14.9 Å². The molecule has 1 saturated carbocycles. The van der Waals surface area contributed by atoms with Crippen LogP contribution in [0, 0.1) is 0 Å². The van der Waals surface area contributed by atoms with E-state index in [1.54, 1.807) is 12.3 Å². The van der Waals surface area contributed by atoms with E-state index in [4.69, 9.17) is 18.0 Å². The second kappa shape index (κ2) is 6.06. The summed E-state index contributed by atoms with van der Waals surface area (Å²) in [6.45, 7) is 0.641. The van der Waals surface area contributed by atoms with E-state index in [0.717, 1.165) is 12.8 Å². The minimum Gasteiger partial charge on any atom is -0.395 e. The number of anilines is 1. The van der Waals surface area contributed by atoms with Crippen LogP contribution in [-0.2, 0) is 0 Å². The van der Waals surface area contributed by atoms with Crippen molar-refractivity contribution in [2.75, 3.05) is 18.1 Å². The Hall–Kier alpha value is -1.27. The first-order valence-corrected chi connectivity index (χ1v) is 6.63. The zero-order valence-electron chi connectivity index (χ0n) is 10.2. The van der Waals surface area contributed by atoms with Crippen LogP contribution in [0.2, 0.25) is 0 Å². The second-order valence-electron chi connectivity index (χ2n) is 4.46. The number of thiocarbonyl (C=S) groups is 1. The molecule has 6 heteroatoms. The van der Waals surface area contributed by atoms with Gasteiger partial charge in [0.25, 0.3) is 0 Å². The van der Waals surface area contributed by atoms with Gasteiger partial charge in [0.15, 0.2) is 0 Å². The number of nitrogens with zero attached hydrogens (tertiary/aromatic N) is 3. The molecule has 0 saturated heterocycles. The van der Waals surface area contributed by atoms with Gasteiger partial charge in [-0.1, -0.05) is 25.1 Å². The molecule has 1 aromatic heterocycles. The highest BCUT2D eigenvalue weighted by atomic mass is 32.1. The number of rotatable bonds is 5. The average Bonchev–Trinajstić information content (AvgIpc) is 2.89. The smallest absolute Gasteiger partial charge is 0.226 e. The molecular weight excluding hydrogens is 248 g/mol. The minimum absolute atomic E-state index is 0.0944. The second-order valence-corrected chi connectivity index (χ2v) is 4.90. The number of hydrogen-bond acceptors (Lipinski definition) is 5. The van der Waals surface area contributed by atoms with E-state index >= 15 is 0 Å². The fourth-order valence-corrected chi connectivity index (χ4v) is 2.51. The Morgan fingerprint density at radius 3 is 2.83 bits per heavy atom. The molecule has 5 nitrogen and oxygen atoms in total. The molecule has 0 aromatic carbocycles. The van der Waals surface area contributed by atoms with Crippen LogP contribution in [0.1, 0.15) is 31.4 Å². The van der Waals surface area contributed by atoms with Gasteiger partial charge in [-0.2, -0.15) is 0 Å². The van der Waals surface area contributed by atoms with Crippen molar-refractivity contribution in [1.82, 2.24) is 9.97 Å². The maximum Gasteiger partial charge on any atom is 0.226 e. The van der Waals surface area contributed by atoms with Gasteiger partial charge in [-0.05, 0) is 18.9 Å². The van der Waals surface area contributed by atoms with Crippen LogP contribution < -0.4 is 10.6 Å². The first-order chi connectivity index (χ1) is 8.72. The maximum atomic E-state index is 9.19. The molecular formula is C12H18N4OS. The molecule has 1 aromatic rings. The topological polar surface area (TPSA) is 75.3 Å². The van der Waals surface area contributed by atoms with Gasteiger partial charge >= 0.3 is 0 Å². The van der Waals surface area contributed by atoms with Crippen molar-refractivity contribution in [3.8, 4) is 0 Å². The molecule has 98 valence electrons. The standard InChI is InChI=1S/C12H18N4OS/c13-11(18)10-5-6-14-12(15-10)16(7-8-17)9-3-1-2-4-9/h5-6,9,17H,1-4,7-8H2,(H2,13,18). The summed E-state index contributed by atoms with van der Waals surface area (Å²) in [5.74, 6) is 0.612. The Balaban J connectivity index is 2.23. The maximum absolute atomic E-state index is 9.19. The molecule has 0 radical (unpaired) electrons. The van der Waals surface area contributed by atoms with E-state index in [0.29, 0.717) is 24.2 Å². The zero-order chi connectivity index (χ0) is 13.0. The highest BCUT2D eigenvalue weighted by Crippen LogP contribution is 2.25. The Bertz CT molecular complexity index is 420. The quantitative estimate of drug-likeness (QED) is 0.770. The molecule has 2 rings (SSSR count). The first-order valence-electron chi connectivity index (χ1n) is 6.22. The van der Waals surface area contributed by atoms with E-state index in [1.165, 1.54) is 12.8 Å². The zero-order valence-corrected chi connectivity index (χ0v) is 11.1.